The summed E-state index contributed by atoms with van der Waals surface area (Å²) in [6.45, 7) is 2.97. The highest BCUT2D eigenvalue weighted by Crippen LogP contribution is 2.36. The minimum Gasteiger partial charge on any atom is -0.481 e. The highest BCUT2D eigenvalue weighted by molar-refractivity contribution is 7.09. The molecule has 0 unspecified atom stereocenters. The zero-order valence-electron chi connectivity index (χ0n) is 15.0. The average Bonchev–Trinajstić information content (AvgIpc) is 3.07. The van der Waals surface area contributed by atoms with Gasteiger partial charge in [0.15, 0.2) is 0 Å². The Kier molecular flexibility index (Phi) is 5.71. The molecule has 0 spiro atoms. The van der Waals surface area contributed by atoms with E-state index in [0.29, 0.717) is 32.4 Å². The molecule has 0 radical (unpaired) electrons. The van der Waals surface area contributed by atoms with E-state index in [0.717, 1.165) is 29.1 Å². The molecule has 0 saturated carbocycles. The van der Waals surface area contributed by atoms with Crippen LogP contribution in [0.1, 0.15) is 41.9 Å². The topological polar surface area (TPSA) is 70.5 Å². The number of rotatable bonds is 6. The first kappa shape index (κ1) is 18.6. The van der Waals surface area contributed by atoms with Crippen LogP contribution in [0.25, 0.3) is 0 Å². The number of piperidine rings is 1. The third-order valence-corrected chi connectivity index (χ3v) is 6.02. The molecule has 1 aliphatic heterocycles. The van der Waals surface area contributed by atoms with E-state index in [9.17, 15) is 14.7 Å². The van der Waals surface area contributed by atoms with Crippen LogP contribution >= 0.6 is 11.3 Å². The molecule has 26 heavy (non-hydrogen) atoms. The van der Waals surface area contributed by atoms with Gasteiger partial charge in [-0.15, -0.1) is 11.3 Å². The lowest BCUT2D eigenvalue weighted by Gasteiger charge is -2.39. The fraction of sp³-hybridized carbons (Fsp3) is 0.450. The van der Waals surface area contributed by atoms with Gasteiger partial charge in [-0.3, -0.25) is 9.59 Å². The summed E-state index contributed by atoms with van der Waals surface area (Å²) in [6, 6.07) is 9.39. The Morgan fingerprint density at radius 1 is 1.23 bits per heavy atom. The van der Waals surface area contributed by atoms with Gasteiger partial charge in [-0.1, -0.05) is 30.3 Å². The monoisotopic (exact) mass is 372 g/mol. The zero-order chi connectivity index (χ0) is 18.6. The molecule has 5 nitrogen and oxygen atoms in total. The lowest BCUT2D eigenvalue weighted by atomic mass is 9.73. The van der Waals surface area contributed by atoms with Gasteiger partial charge in [-0.25, -0.2) is 4.98 Å². The number of aliphatic carboxylic acids is 1. The molecule has 3 rings (SSSR count). The second-order valence-electron chi connectivity index (χ2n) is 6.85. The van der Waals surface area contributed by atoms with Crippen molar-refractivity contribution in [3.63, 3.8) is 0 Å². The molecule has 0 atom stereocenters. The maximum absolute atomic E-state index is 12.5. The van der Waals surface area contributed by atoms with Crippen LogP contribution in [0, 0.1) is 6.92 Å². The van der Waals surface area contributed by atoms with Gasteiger partial charge >= 0.3 is 5.97 Å². The van der Waals surface area contributed by atoms with Crippen LogP contribution < -0.4 is 0 Å². The standard InChI is InChI=1S/C20H24N2O3S/c1-15-21-17(14-26-15)8-5-9-18(23)22-12-10-20(11-13-22,19(24)25)16-6-3-2-4-7-16/h2-4,6-7,14H,5,8-13H2,1H3,(H,24,25). The lowest BCUT2D eigenvalue weighted by molar-refractivity contribution is -0.148. The van der Waals surface area contributed by atoms with Crippen LogP contribution in [0.3, 0.4) is 0 Å². The fourth-order valence-corrected chi connectivity index (χ4v) is 4.27. The number of benzene rings is 1. The highest BCUT2D eigenvalue weighted by atomic mass is 32.1. The molecule has 6 heteroatoms. The summed E-state index contributed by atoms with van der Waals surface area (Å²) in [4.78, 5) is 30.7. The molecule has 1 amide bonds. The number of hydrogen-bond donors (Lipinski definition) is 1. The van der Waals surface area contributed by atoms with Gasteiger partial charge in [0.25, 0.3) is 0 Å². The number of likely N-dealkylation sites (tertiary alicyclic amines) is 1. The van der Waals surface area contributed by atoms with Gasteiger partial charge in [0.1, 0.15) is 0 Å². The summed E-state index contributed by atoms with van der Waals surface area (Å²) in [7, 11) is 0. The van der Waals surface area contributed by atoms with Gasteiger partial charge < -0.3 is 10.0 Å². The summed E-state index contributed by atoms with van der Waals surface area (Å²) in [5.74, 6) is -0.682. The highest BCUT2D eigenvalue weighted by Gasteiger charge is 2.43. The van der Waals surface area contributed by atoms with Crippen molar-refractivity contribution in [1.82, 2.24) is 9.88 Å². The second-order valence-corrected chi connectivity index (χ2v) is 7.91. The number of carboxylic acids is 1. The third-order valence-electron chi connectivity index (χ3n) is 5.20. The number of carbonyl (C=O) groups is 2. The third kappa shape index (κ3) is 3.96. The molecule has 0 aliphatic carbocycles. The predicted octanol–water partition coefficient (Wildman–Crippen LogP) is 3.42. The van der Waals surface area contributed by atoms with E-state index >= 15 is 0 Å². The number of amides is 1. The summed E-state index contributed by atoms with van der Waals surface area (Å²) < 4.78 is 0. The first-order chi connectivity index (χ1) is 12.5. The number of hydrogen-bond acceptors (Lipinski definition) is 4. The number of nitrogens with zero attached hydrogens (tertiary/aromatic N) is 2. The summed E-state index contributed by atoms with van der Waals surface area (Å²) >= 11 is 1.63. The van der Waals surface area contributed by atoms with Crippen LogP contribution in [-0.2, 0) is 21.4 Å². The molecule has 1 aliphatic rings. The van der Waals surface area contributed by atoms with Crippen molar-refractivity contribution in [2.45, 2.75) is 44.4 Å². The molecule has 0 bridgehead atoms. The van der Waals surface area contributed by atoms with E-state index in [1.54, 1.807) is 11.3 Å². The average molecular weight is 372 g/mol. The van der Waals surface area contributed by atoms with E-state index in [2.05, 4.69) is 4.98 Å². The molecular formula is C20H24N2O3S. The normalized spacial score (nSPS) is 16.4. The van der Waals surface area contributed by atoms with Crippen molar-refractivity contribution in [3.05, 3.63) is 52.0 Å². The van der Waals surface area contributed by atoms with Gasteiger partial charge in [-0.2, -0.15) is 0 Å². The van der Waals surface area contributed by atoms with E-state index in [-0.39, 0.29) is 5.91 Å². The Morgan fingerprint density at radius 2 is 1.92 bits per heavy atom. The summed E-state index contributed by atoms with van der Waals surface area (Å²) in [5, 5.41) is 12.9. The Balaban J connectivity index is 1.55. The number of aryl methyl sites for hydroxylation is 2. The van der Waals surface area contributed by atoms with Crippen molar-refractivity contribution in [3.8, 4) is 0 Å². The quantitative estimate of drug-likeness (QED) is 0.843. The molecule has 1 fully saturated rings. The Labute approximate surface area is 157 Å². The smallest absolute Gasteiger partial charge is 0.314 e. The zero-order valence-corrected chi connectivity index (χ0v) is 15.8. The van der Waals surface area contributed by atoms with E-state index in [1.165, 1.54) is 0 Å². The molecule has 1 N–H and O–H groups in total. The molecule has 2 aromatic rings. The minimum atomic E-state index is -0.879. The maximum atomic E-state index is 12.5. The molecule has 1 saturated heterocycles. The fourth-order valence-electron chi connectivity index (χ4n) is 3.62. The number of aromatic nitrogens is 1. The predicted molar refractivity (Wildman–Crippen MR) is 101 cm³/mol. The Bertz CT molecular complexity index is 764. The molecule has 2 heterocycles. The Morgan fingerprint density at radius 3 is 2.50 bits per heavy atom. The molecule has 1 aromatic heterocycles. The van der Waals surface area contributed by atoms with Crippen molar-refractivity contribution in [2.75, 3.05) is 13.1 Å². The second kappa shape index (κ2) is 7.99. The van der Waals surface area contributed by atoms with Crippen molar-refractivity contribution in [2.24, 2.45) is 0 Å². The van der Waals surface area contributed by atoms with E-state index in [4.69, 9.17) is 0 Å². The van der Waals surface area contributed by atoms with E-state index in [1.807, 2.05) is 47.5 Å². The number of carboxylic acid groups (broad SMARTS) is 1. The number of carbonyl (C=O) groups excluding carboxylic acids is 1. The minimum absolute atomic E-state index is 0.115. The Hall–Kier alpha value is -2.21. The van der Waals surface area contributed by atoms with Crippen LogP contribution in [0.4, 0.5) is 0 Å². The largest absolute Gasteiger partial charge is 0.481 e. The molecular weight excluding hydrogens is 348 g/mol. The van der Waals surface area contributed by atoms with Crippen molar-refractivity contribution < 1.29 is 14.7 Å². The van der Waals surface area contributed by atoms with Gasteiger partial charge in [0.2, 0.25) is 5.91 Å². The van der Waals surface area contributed by atoms with Gasteiger partial charge in [0, 0.05) is 24.9 Å². The van der Waals surface area contributed by atoms with E-state index < -0.39 is 11.4 Å². The van der Waals surface area contributed by atoms with Crippen LogP contribution in [-0.4, -0.2) is 40.0 Å². The van der Waals surface area contributed by atoms with Crippen molar-refractivity contribution in [1.29, 1.82) is 0 Å². The SMILES string of the molecule is Cc1nc(CCCC(=O)N2CCC(C(=O)O)(c3ccccc3)CC2)cs1. The lowest BCUT2D eigenvalue weighted by Crippen LogP contribution is -2.49. The first-order valence-corrected chi connectivity index (χ1v) is 9.87. The molecule has 1 aromatic carbocycles. The first-order valence-electron chi connectivity index (χ1n) is 8.99. The van der Waals surface area contributed by atoms with Crippen LogP contribution in [0.15, 0.2) is 35.7 Å². The van der Waals surface area contributed by atoms with Crippen LogP contribution in [0.5, 0.6) is 0 Å². The summed E-state index contributed by atoms with van der Waals surface area (Å²) in [5.41, 5.74) is 1.00. The summed E-state index contributed by atoms with van der Waals surface area (Å²) in [6.07, 6.45) is 3.00. The van der Waals surface area contributed by atoms with Crippen LogP contribution in [0.2, 0.25) is 0 Å². The van der Waals surface area contributed by atoms with Crippen molar-refractivity contribution >= 4 is 23.2 Å². The van der Waals surface area contributed by atoms with Gasteiger partial charge in [0.05, 0.1) is 16.1 Å². The van der Waals surface area contributed by atoms with Gasteiger partial charge in [-0.05, 0) is 38.2 Å². The maximum Gasteiger partial charge on any atom is 0.314 e. The number of thiazole rings is 1. The molecule has 138 valence electrons.